The first kappa shape index (κ1) is 15.5. The first-order chi connectivity index (χ1) is 10.0. The molecule has 0 saturated heterocycles. The Morgan fingerprint density at radius 1 is 1.05 bits per heavy atom. The predicted octanol–water partition coefficient (Wildman–Crippen LogP) is 4.22. The van der Waals surface area contributed by atoms with E-state index in [0.29, 0.717) is 0 Å². The number of rotatable bonds is 5. The van der Waals surface area contributed by atoms with Crippen LogP contribution in [0.2, 0.25) is 0 Å². The number of aromatic nitrogens is 1. The first-order valence-electron chi connectivity index (χ1n) is 7.43. The van der Waals surface area contributed by atoms with Crippen LogP contribution < -0.4 is 10.1 Å². The Morgan fingerprint density at radius 3 is 2.52 bits per heavy atom. The lowest BCUT2D eigenvalue weighted by atomic mass is 10.1. The van der Waals surface area contributed by atoms with Crippen molar-refractivity contribution in [3.05, 3.63) is 52.3 Å². The molecule has 0 amide bonds. The third-order valence-corrected chi connectivity index (χ3v) is 3.63. The smallest absolute Gasteiger partial charge is 0.135 e. The quantitative estimate of drug-likeness (QED) is 0.892. The second kappa shape index (κ2) is 6.72. The molecule has 0 saturated carbocycles. The number of benzene rings is 1. The molecule has 0 fully saturated rings. The van der Waals surface area contributed by atoms with Crippen LogP contribution in [-0.2, 0) is 6.54 Å². The fourth-order valence-electron chi connectivity index (χ4n) is 2.28. The Kier molecular flexibility index (Phi) is 4.97. The Bertz CT molecular complexity index is 635. The first-order valence-corrected chi connectivity index (χ1v) is 7.43. The highest BCUT2D eigenvalue weighted by atomic mass is 16.5. The van der Waals surface area contributed by atoms with Gasteiger partial charge in [-0.05, 0) is 57.0 Å². The highest BCUT2D eigenvalue weighted by molar-refractivity contribution is 5.46. The Morgan fingerprint density at radius 2 is 1.81 bits per heavy atom. The monoisotopic (exact) mass is 284 g/mol. The zero-order valence-corrected chi connectivity index (χ0v) is 13.6. The fourth-order valence-corrected chi connectivity index (χ4v) is 2.28. The summed E-state index contributed by atoms with van der Waals surface area (Å²) in [7, 11) is 0. The molecule has 1 aromatic carbocycles. The van der Waals surface area contributed by atoms with E-state index in [1.54, 1.807) is 0 Å². The average Bonchev–Trinajstić information content (AvgIpc) is 2.43. The van der Waals surface area contributed by atoms with Crippen molar-refractivity contribution in [1.82, 2.24) is 10.3 Å². The summed E-state index contributed by atoms with van der Waals surface area (Å²) in [6.07, 6.45) is 1.89. The van der Waals surface area contributed by atoms with Crippen molar-refractivity contribution in [3.8, 4) is 11.5 Å². The molecule has 0 bridgehead atoms. The molecule has 3 nitrogen and oxygen atoms in total. The van der Waals surface area contributed by atoms with Crippen LogP contribution in [0, 0.1) is 27.7 Å². The van der Waals surface area contributed by atoms with Gasteiger partial charge in [0.2, 0.25) is 0 Å². The van der Waals surface area contributed by atoms with Gasteiger partial charge in [-0.2, -0.15) is 0 Å². The largest absolute Gasteiger partial charge is 0.457 e. The van der Waals surface area contributed by atoms with E-state index in [9.17, 15) is 0 Å². The molecule has 0 aliphatic heterocycles. The Balaban J connectivity index is 2.36. The molecule has 1 aromatic heterocycles. The van der Waals surface area contributed by atoms with Crippen molar-refractivity contribution < 1.29 is 4.74 Å². The summed E-state index contributed by atoms with van der Waals surface area (Å²) in [6.45, 7) is 12.1. The van der Waals surface area contributed by atoms with Crippen LogP contribution in [0.25, 0.3) is 0 Å². The van der Waals surface area contributed by atoms with Crippen molar-refractivity contribution in [2.45, 2.75) is 41.2 Å². The zero-order chi connectivity index (χ0) is 15.4. The Labute approximate surface area is 127 Å². The van der Waals surface area contributed by atoms with Crippen molar-refractivity contribution in [1.29, 1.82) is 0 Å². The van der Waals surface area contributed by atoms with E-state index in [2.05, 4.69) is 50.1 Å². The van der Waals surface area contributed by atoms with Crippen LogP contribution in [0.1, 0.15) is 34.9 Å². The maximum Gasteiger partial charge on any atom is 0.135 e. The summed E-state index contributed by atoms with van der Waals surface area (Å²) in [6, 6.07) is 6.28. The lowest BCUT2D eigenvalue weighted by Gasteiger charge is -2.15. The van der Waals surface area contributed by atoms with Gasteiger partial charge < -0.3 is 10.1 Å². The summed E-state index contributed by atoms with van der Waals surface area (Å²) in [4.78, 5) is 4.37. The standard InChI is InChI=1S/C18H24N2O/c1-6-19-10-16-11-20-14(4)9-18(16)21-17-8-12(2)7-13(3)15(17)5/h7-9,11,19H,6,10H2,1-5H3. The minimum absolute atomic E-state index is 0.767. The van der Waals surface area contributed by atoms with Crippen LogP contribution in [0.5, 0.6) is 11.5 Å². The van der Waals surface area contributed by atoms with Crippen molar-refractivity contribution in [3.63, 3.8) is 0 Å². The highest BCUT2D eigenvalue weighted by Crippen LogP contribution is 2.30. The van der Waals surface area contributed by atoms with Gasteiger partial charge >= 0.3 is 0 Å². The molecule has 2 aromatic rings. The van der Waals surface area contributed by atoms with Gasteiger partial charge in [0.1, 0.15) is 11.5 Å². The average molecular weight is 284 g/mol. The summed E-state index contributed by atoms with van der Waals surface area (Å²) in [5.74, 6) is 1.81. The summed E-state index contributed by atoms with van der Waals surface area (Å²) < 4.78 is 6.20. The number of aryl methyl sites for hydroxylation is 3. The Hall–Kier alpha value is -1.87. The number of nitrogens with one attached hydrogen (secondary N) is 1. The third kappa shape index (κ3) is 3.82. The molecule has 0 aliphatic carbocycles. The molecule has 0 aliphatic rings. The lowest BCUT2D eigenvalue weighted by molar-refractivity contribution is 0.467. The van der Waals surface area contributed by atoms with E-state index in [1.807, 2.05) is 19.2 Å². The van der Waals surface area contributed by atoms with Gasteiger partial charge in [-0.15, -0.1) is 0 Å². The summed E-state index contributed by atoms with van der Waals surface area (Å²) in [5, 5.41) is 3.33. The maximum atomic E-state index is 6.20. The van der Waals surface area contributed by atoms with E-state index in [1.165, 1.54) is 16.7 Å². The van der Waals surface area contributed by atoms with Crippen LogP contribution in [-0.4, -0.2) is 11.5 Å². The molecule has 1 N–H and O–H groups in total. The molecular formula is C18H24N2O. The number of hydrogen-bond donors (Lipinski definition) is 1. The predicted molar refractivity (Wildman–Crippen MR) is 87.1 cm³/mol. The normalized spacial score (nSPS) is 10.7. The number of pyridine rings is 1. The van der Waals surface area contributed by atoms with E-state index < -0.39 is 0 Å². The molecule has 0 atom stereocenters. The highest BCUT2D eigenvalue weighted by Gasteiger charge is 2.10. The number of hydrogen-bond acceptors (Lipinski definition) is 3. The minimum atomic E-state index is 0.767. The van der Waals surface area contributed by atoms with Crippen LogP contribution >= 0.6 is 0 Å². The second-order valence-corrected chi connectivity index (χ2v) is 5.52. The molecular weight excluding hydrogens is 260 g/mol. The van der Waals surface area contributed by atoms with Gasteiger partial charge in [-0.3, -0.25) is 4.98 Å². The van der Waals surface area contributed by atoms with Gasteiger partial charge in [0.05, 0.1) is 0 Å². The van der Waals surface area contributed by atoms with Crippen molar-refractivity contribution in [2.75, 3.05) is 6.54 Å². The van der Waals surface area contributed by atoms with Gasteiger partial charge in [-0.25, -0.2) is 0 Å². The van der Waals surface area contributed by atoms with Gasteiger partial charge in [0.15, 0.2) is 0 Å². The third-order valence-electron chi connectivity index (χ3n) is 3.63. The SMILES string of the molecule is CCNCc1cnc(C)cc1Oc1cc(C)cc(C)c1C. The molecule has 0 radical (unpaired) electrons. The van der Waals surface area contributed by atoms with Gasteiger partial charge in [0.25, 0.3) is 0 Å². The van der Waals surface area contributed by atoms with Crippen LogP contribution in [0.4, 0.5) is 0 Å². The van der Waals surface area contributed by atoms with E-state index in [4.69, 9.17) is 4.74 Å². The lowest BCUT2D eigenvalue weighted by Crippen LogP contribution is -2.13. The number of nitrogens with zero attached hydrogens (tertiary/aromatic N) is 1. The summed E-state index contributed by atoms with van der Waals surface area (Å²) in [5.41, 5.74) is 5.70. The van der Waals surface area contributed by atoms with Crippen molar-refractivity contribution >= 4 is 0 Å². The van der Waals surface area contributed by atoms with Crippen molar-refractivity contribution in [2.24, 2.45) is 0 Å². The zero-order valence-electron chi connectivity index (χ0n) is 13.6. The van der Waals surface area contributed by atoms with Crippen LogP contribution in [0.3, 0.4) is 0 Å². The molecule has 1 heterocycles. The molecule has 2 rings (SSSR count). The van der Waals surface area contributed by atoms with E-state index in [-0.39, 0.29) is 0 Å². The molecule has 21 heavy (non-hydrogen) atoms. The second-order valence-electron chi connectivity index (χ2n) is 5.52. The number of ether oxygens (including phenoxy) is 1. The topological polar surface area (TPSA) is 34.2 Å². The minimum Gasteiger partial charge on any atom is -0.457 e. The molecule has 112 valence electrons. The van der Waals surface area contributed by atoms with E-state index >= 15 is 0 Å². The van der Waals surface area contributed by atoms with Crippen LogP contribution in [0.15, 0.2) is 24.4 Å². The molecule has 0 spiro atoms. The molecule has 3 heteroatoms. The molecule has 0 unspecified atom stereocenters. The maximum absolute atomic E-state index is 6.20. The van der Waals surface area contributed by atoms with E-state index in [0.717, 1.165) is 35.8 Å². The summed E-state index contributed by atoms with van der Waals surface area (Å²) >= 11 is 0. The fraction of sp³-hybridized carbons (Fsp3) is 0.389. The van der Waals surface area contributed by atoms with Gasteiger partial charge in [0, 0.05) is 30.1 Å². The van der Waals surface area contributed by atoms with Gasteiger partial charge in [-0.1, -0.05) is 13.0 Å².